The standard InChI is InChI=1S/C9H18N4S2/c1-2-3-5-14-6-4-7-15-9-11-8(10)12-13-9/h2-7H2,1H3,(H3,10,11,12,13). The number of nitrogens with two attached hydrogens (primary N) is 1. The predicted octanol–water partition coefficient (Wildman–Crippen LogP) is 2.40. The first-order valence-electron chi connectivity index (χ1n) is 5.21. The van der Waals surface area contributed by atoms with E-state index < -0.39 is 0 Å². The number of thioether (sulfide) groups is 2. The molecule has 0 amide bonds. The zero-order chi connectivity index (χ0) is 10.9. The largest absolute Gasteiger partial charge is 0.368 e. The first-order valence-corrected chi connectivity index (χ1v) is 7.35. The van der Waals surface area contributed by atoms with Crippen molar-refractivity contribution in [3.05, 3.63) is 0 Å². The average molecular weight is 246 g/mol. The number of aromatic amines is 1. The van der Waals surface area contributed by atoms with E-state index in [0.29, 0.717) is 5.95 Å². The second kappa shape index (κ2) is 7.87. The summed E-state index contributed by atoms with van der Waals surface area (Å²) in [6, 6.07) is 0. The van der Waals surface area contributed by atoms with Crippen LogP contribution in [0.15, 0.2) is 5.16 Å². The molecule has 1 rings (SSSR count). The lowest BCUT2D eigenvalue weighted by molar-refractivity contribution is 0.895. The highest BCUT2D eigenvalue weighted by molar-refractivity contribution is 8.00. The fourth-order valence-electron chi connectivity index (χ4n) is 0.996. The molecule has 0 aromatic carbocycles. The Morgan fingerprint density at radius 2 is 2.07 bits per heavy atom. The van der Waals surface area contributed by atoms with Crippen molar-refractivity contribution in [1.82, 2.24) is 15.2 Å². The molecule has 0 unspecified atom stereocenters. The fourth-order valence-corrected chi connectivity index (χ4v) is 2.97. The van der Waals surface area contributed by atoms with Crippen molar-refractivity contribution in [2.75, 3.05) is 23.0 Å². The first kappa shape index (κ1) is 12.7. The van der Waals surface area contributed by atoms with Crippen LogP contribution in [0.2, 0.25) is 0 Å². The van der Waals surface area contributed by atoms with Gasteiger partial charge in [0.2, 0.25) is 11.1 Å². The number of aromatic nitrogens is 3. The number of unbranched alkanes of at least 4 members (excludes halogenated alkanes) is 1. The van der Waals surface area contributed by atoms with Gasteiger partial charge in [-0.2, -0.15) is 16.7 Å². The summed E-state index contributed by atoms with van der Waals surface area (Å²) in [5.41, 5.74) is 5.42. The van der Waals surface area contributed by atoms with Crippen LogP contribution < -0.4 is 5.73 Å². The molecule has 86 valence electrons. The van der Waals surface area contributed by atoms with Gasteiger partial charge in [0.1, 0.15) is 0 Å². The molecule has 1 aromatic rings. The molecule has 0 fully saturated rings. The third kappa shape index (κ3) is 5.94. The SMILES string of the molecule is CCCCSCCCSc1n[nH]c(N)n1. The first-order chi connectivity index (χ1) is 7.33. The Hall–Kier alpha value is -0.360. The second-order valence-corrected chi connectivity index (χ2v) is 5.46. The molecule has 0 spiro atoms. The highest BCUT2D eigenvalue weighted by Crippen LogP contribution is 2.15. The average Bonchev–Trinajstić information content (AvgIpc) is 2.63. The third-order valence-electron chi connectivity index (χ3n) is 1.79. The van der Waals surface area contributed by atoms with Gasteiger partial charge in [-0.25, -0.2) is 5.10 Å². The van der Waals surface area contributed by atoms with Crippen molar-refractivity contribution < 1.29 is 0 Å². The molecule has 0 aliphatic rings. The second-order valence-electron chi connectivity index (χ2n) is 3.17. The number of nitrogen functional groups attached to an aromatic ring is 1. The molecule has 1 aromatic heterocycles. The molecule has 0 saturated carbocycles. The summed E-state index contributed by atoms with van der Waals surface area (Å²) in [5.74, 6) is 3.98. The summed E-state index contributed by atoms with van der Waals surface area (Å²) in [5, 5.41) is 7.34. The van der Waals surface area contributed by atoms with Gasteiger partial charge < -0.3 is 5.73 Å². The van der Waals surface area contributed by atoms with E-state index in [2.05, 4.69) is 22.1 Å². The van der Waals surface area contributed by atoms with E-state index in [1.807, 2.05) is 11.8 Å². The normalized spacial score (nSPS) is 10.7. The van der Waals surface area contributed by atoms with Gasteiger partial charge >= 0.3 is 0 Å². The summed E-state index contributed by atoms with van der Waals surface area (Å²) >= 11 is 3.69. The molecule has 0 aliphatic heterocycles. The van der Waals surface area contributed by atoms with Crippen molar-refractivity contribution in [2.45, 2.75) is 31.3 Å². The number of nitrogens with one attached hydrogen (secondary N) is 1. The van der Waals surface area contributed by atoms with Crippen LogP contribution in [0.3, 0.4) is 0 Å². The van der Waals surface area contributed by atoms with Gasteiger partial charge in [0.25, 0.3) is 0 Å². The Bertz CT molecular complexity index is 264. The minimum atomic E-state index is 0.398. The van der Waals surface area contributed by atoms with Crippen LogP contribution in [0.4, 0.5) is 5.95 Å². The smallest absolute Gasteiger partial charge is 0.216 e. The van der Waals surface area contributed by atoms with Crippen LogP contribution in [-0.4, -0.2) is 32.4 Å². The lowest BCUT2D eigenvalue weighted by atomic mass is 10.4. The number of anilines is 1. The number of rotatable bonds is 8. The van der Waals surface area contributed by atoms with Gasteiger partial charge in [-0.05, 0) is 24.3 Å². The van der Waals surface area contributed by atoms with E-state index >= 15 is 0 Å². The minimum Gasteiger partial charge on any atom is -0.368 e. The van der Waals surface area contributed by atoms with Crippen molar-refractivity contribution in [3.63, 3.8) is 0 Å². The van der Waals surface area contributed by atoms with Crippen molar-refractivity contribution >= 4 is 29.5 Å². The summed E-state index contributed by atoms with van der Waals surface area (Å²) in [7, 11) is 0. The number of nitrogens with zero attached hydrogens (tertiary/aromatic N) is 2. The highest BCUT2D eigenvalue weighted by atomic mass is 32.2. The van der Waals surface area contributed by atoms with Crippen molar-refractivity contribution in [1.29, 1.82) is 0 Å². The molecule has 0 saturated heterocycles. The van der Waals surface area contributed by atoms with Gasteiger partial charge in [-0.1, -0.05) is 25.1 Å². The van der Waals surface area contributed by atoms with E-state index in [4.69, 9.17) is 5.73 Å². The van der Waals surface area contributed by atoms with Gasteiger partial charge in [0.05, 0.1) is 0 Å². The summed E-state index contributed by atoms with van der Waals surface area (Å²) < 4.78 is 0. The van der Waals surface area contributed by atoms with Crippen molar-refractivity contribution in [3.8, 4) is 0 Å². The Balaban J connectivity index is 1.93. The van der Waals surface area contributed by atoms with Crippen LogP contribution in [0.25, 0.3) is 0 Å². The van der Waals surface area contributed by atoms with Gasteiger partial charge in [0, 0.05) is 5.75 Å². The molecule has 0 aliphatic carbocycles. The van der Waals surface area contributed by atoms with Gasteiger partial charge in [0.15, 0.2) is 0 Å². The maximum absolute atomic E-state index is 5.42. The van der Waals surface area contributed by atoms with Crippen molar-refractivity contribution in [2.24, 2.45) is 0 Å². The fraction of sp³-hybridized carbons (Fsp3) is 0.778. The lowest BCUT2D eigenvalue weighted by Crippen LogP contribution is -1.88. The Labute approximate surface area is 99.2 Å². The maximum atomic E-state index is 5.42. The highest BCUT2D eigenvalue weighted by Gasteiger charge is 1.99. The molecule has 0 bridgehead atoms. The molecule has 0 atom stereocenters. The van der Waals surface area contributed by atoms with E-state index in [-0.39, 0.29) is 0 Å². The number of H-pyrrole nitrogens is 1. The quantitative estimate of drug-likeness (QED) is 0.544. The molecular weight excluding hydrogens is 228 g/mol. The number of hydrogen-bond acceptors (Lipinski definition) is 5. The van der Waals surface area contributed by atoms with Crippen LogP contribution in [0, 0.1) is 0 Å². The van der Waals surface area contributed by atoms with Gasteiger partial charge in [-0.15, -0.1) is 5.10 Å². The molecule has 0 radical (unpaired) electrons. The Morgan fingerprint density at radius 1 is 1.27 bits per heavy atom. The minimum absolute atomic E-state index is 0.398. The monoisotopic (exact) mass is 246 g/mol. The topological polar surface area (TPSA) is 67.6 Å². The van der Waals surface area contributed by atoms with Gasteiger partial charge in [-0.3, -0.25) is 0 Å². The molecule has 6 heteroatoms. The van der Waals surface area contributed by atoms with Crippen LogP contribution in [-0.2, 0) is 0 Å². The summed E-state index contributed by atoms with van der Waals surface area (Å²) in [6.45, 7) is 2.23. The molecule has 3 N–H and O–H groups in total. The zero-order valence-electron chi connectivity index (χ0n) is 9.03. The zero-order valence-corrected chi connectivity index (χ0v) is 10.7. The molecular formula is C9H18N4S2. The third-order valence-corrected chi connectivity index (χ3v) is 3.88. The van der Waals surface area contributed by atoms with E-state index in [1.54, 1.807) is 11.8 Å². The maximum Gasteiger partial charge on any atom is 0.216 e. The van der Waals surface area contributed by atoms with Crippen LogP contribution in [0.1, 0.15) is 26.2 Å². The summed E-state index contributed by atoms with van der Waals surface area (Å²) in [4.78, 5) is 4.03. The van der Waals surface area contributed by atoms with E-state index in [9.17, 15) is 0 Å². The van der Waals surface area contributed by atoms with E-state index in [1.165, 1.54) is 30.8 Å². The predicted molar refractivity (Wildman–Crippen MR) is 68.4 cm³/mol. The molecule has 15 heavy (non-hydrogen) atoms. The van der Waals surface area contributed by atoms with Crippen LogP contribution >= 0.6 is 23.5 Å². The molecule has 1 heterocycles. The number of hydrogen-bond donors (Lipinski definition) is 2. The molecule has 4 nitrogen and oxygen atoms in total. The summed E-state index contributed by atoms with van der Waals surface area (Å²) in [6.07, 6.45) is 3.82. The van der Waals surface area contributed by atoms with Crippen LogP contribution in [0.5, 0.6) is 0 Å². The van der Waals surface area contributed by atoms with E-state index in [0.717, 1.165) is 10.9 Å². The Kier molecular flexibility index (Phi) is 6.67. The lowest BCUT2D eigenvalue weighted by Gasteiger charge is -1.98. The Morgan fingerprint density at radius 3 is 2.73 bits per heavy atom.